The molecule has 0 aliphatic heterocycles. The smallest absolute Gasteiger partial charge is 0.747 e. The van der Waals surface area contributed by atoms with E-state index in [0.29, 0.717) is 17.6 Å². The number of hydrogen-bond acceptors (Lipinski definition) is 3. The molecule has 0 saturated carbocycles. The number of rotatable bonds is 3. The minimum Gasteiger partial charge on any atom is -0.747 e. The van der Waals surface area contributed by atoms with Gasteiger partial charge >= 0.3 is 29.6 Å². The van der Waals surface area contributed by atoms with Gasteiger partial charge in [0.1, 0.15) is 10.1 Å². The Morgan fingerprint density at radius 3 is 2.48 bits per heavy atom. The molecule has 102 valence electrons. The van der Waals surface area contributed by atoms with Gasteiger partial charge in [-0.15, -0.1) is 6.58 Å². The SMILES string of the molecule is C=CCC1=Cc2cccc3cccc(c23)C1S(=O)(=O)[O-].[Na+]. The molecule has 3 rings (SSSR count). The van der Waals surface area contributed by atoms with Gasteiger partial charge in [0.2, 0.25) is 0 Å². The zero-order valence-corrected chi connectivity index (χ0v) is 14.6. The molecule has 1 aliphatic rings. The Morgan fingerprint density at radius 2 is 1.86 bits per heavy atom. The largest absolute Gasteiger partial charge is 1.00 e. The Bertz CT molecular complexity index is 832. The summed E-state index contributed by atoms with van der Waals surface area (Å²) in [5.74, 6) is 0. The first-order chi connectivity index (χ1) is 9.52. The first kappa shape index (κ1) is 16.5. The predicted molar refractivity (Wildman–Crippen MR) is 79.2 cm³/mol. The van der Waals surface area contributed by atoms with Crippen LogP contribution in [0.4, 0.5) is 0 Å². The summed E-state index contributed by atoms with van der Waals surface area (Å²) in [6.07, 6.45) is 3.81. The molecule has 1 unspecified atom stereocenters. The molecular formula is C16H13NaO3S. The van der Waals surface area contributed by atoms with Crippen molar-refractivity contribution in [3.05, 3.63) is 65.8 Å². The zero-order valence-electron chi connectivity index (χ0n) is 11.7. The van der Waals surface area contributed by atoms with Crippen LogP contribution in [0.2, 0.25) is 0 Å². The van der Waals surface area contributed by atoms with Crippen LogP contribution < -0.4 is 29.6 Å². The average Bonchev–Trinajstić information content (AvgIpc) is 2.38. The van der Waals surface area contributed by atoms with Crippen molar-refractivity contribution in [1.29, 1.82) is 0 Å². The molecule has 2 aromatic rings. The van der Waals surface area contributed by atoms with E-state index < -0.39 is 15.4 Å². The molecule has 0 aromatic heterocycles. The van der Waals surface area contributed by atoms with Crippen molar-refractivity contribution >= 4 is 27.0 Å². The van der Waals surface area contributed by atoms with Crippen molar-refractivity contribution in [2.45, 2.75) is 11.7 Å². The van der Waals surface area contributed by atoms with Gasteiger partial charge in [-0.1, -0.05) is 48.6 Å². The maximum atomic E-state index is 11.7. The van der Waals surface area contributed by atoms with E-state index in [2.05, 4.69) is 6.58 Å². The molecule has 0 N–H and O–H groups in total. The van der Waals surface area contributed by atoms with Gasteiger partial charge in [-0.3, -0.25) is 0 Å². The number of allylic oxidation sites excluding steroid dienone is 1. The van der Waals surface area contributed by atoms with Crippen molar-refractivity contribution in [2.75, 3.05) is 0 Å². The molecule has 0 radical (unpaired) electrons. The van der Waals surface area contributed by atoms with Crippen LogP contribution in [0, 0.1) is 0 Å². The van der Waals surface area contributed by atoms with Gasteiger partial charge in [0.25, 0.3) is 0 Å². The fourth-order valence-corrected chi connectivity index (χ4v) is 3.93. The predicted octanol–water partition coefficient (Wildman–Crippen LogP) is 0.403. The maximum absolute atomic E-state index is 11.7. The van der Waals surface area contributed by atoms with Crippen LogP contribution in [0.25, 0.3) is 16.8 Å². The molecule has 5 heteroatoms. The van der Waals surface area contributed by atoms with Crippen molar-refractivity contribution < 1.29 is 42.5 Å². The minimum absolute atomic E-state index is 0. The van der Waals surface area contributed by atoms with Crippen molar-refractivity contribution in [3.8, 4) is 0 Å². The van der Waals surface area contributed by atoms with Gasteiger partial charge in [0, 0.05) is 0 Å². The standard InChI is InChI=1S/C16H14O3S.Na/c1-2-5-13-10-12-8-3-6-11-7-4-9-14(15(11)12)16(13)20(17,18)19;/h2-4,6-10,16H,1,5H2,(H,17,18,19);/q;+1/p-1. The van der Waals surface area contributed by atoms with Crippen LogP contribution in [-0.4, -0.2) is 13.0 Å². The minimum atomic E-state index is -4.45. The van der Waals surface area contributed by atoms with Crippen LogP contribution in [0.1, 0.15) is 22.8 Å². The Labute approximate surface area is 146 Å². The molecule has 1 aliphatic carbocycles. The Kier molecular flexibility index (Phi) is 4.76. The Morgan fingerprint density at radius 1 is 1.19 bits per heavy atom. The number of benzene rings is 2. The molecule has 0 heterocycles. The van der Waals surface area contributed by atoms with Gasteiger partial charge < -0.3 is 4.55 Å². The van der Waals surface area contributed by atoms with E-state index in [9.17, 15) is 13.0 Å². The second-order valence-electron chi connectivity index (χ2n) is 4.88. The summed E-state index contributed by atoms with van der Waals surface area (Å²) in [5, 5.41) is 0.689. The van der Waals surface area contributed by atoms with Crippen molar-refractivity contribution in [2.24, 2.45) is 0 Å². The topological polar surface area (TPSA) is 57.2 Å². The molecular weight excluding hydrogens is 295 g/mol. The first-order valence-corrected chi connectivity index (χ1v) is 7.77. The maximum Gasteiger partial charge on any atom is 1.00 e. The van der Waals surface area contributed by atoms with Crippen molar-refractivity contribution in [3.63, 3.8) is 0 Å². The van der Waals surface area contributed by atoms with Crippen LogP contribution in [0.15, 0.2) is 54.6 Å². The molecule has 21 heavy (non-hydrogen) atoms. The molecule has 0 amide bonds. The monoisotopic (exact) mass is 308 g/mol. The number of hydrogen-bond donors (Lipinski definition) is 0. The zero-order chi connectivity index (χ0) is 14.3. The van der Waals surface area contributed by atoms with E-state index in [1.165, 1.54) is 0 Å². The third kappa shape index (κ3) is 2.87. The van der Waals surface area contributed by atoms with Gasteiger partial charge in [-0.05, 0) is 33.9 Å². The molecule has 2 aromatic carbocycles. The first-order valence-electron chi connectivity index (χ1n) is 6.30. The van der Waals surface area contributed by atoms with Crippen LogP contribution in [0.3, 0.4) is 0 Å². The summed E-state index contributed by atoms with van der Waals surface area (Å²) in [6.45, 7) is 3.64. The second kappa shape index (κ2) is 6.07. The van der Waals surface area contributed by atoms with Gasteiger partial charge in [0.05, 0.1) is 5.25 Å². The summed E-state index contributed by atoms with van der Waals surface area (Å²) in [5.41, 5.74) is 2.11. The van der Waals surface area contributed by atoms with E-state index in [-0.39, 0.29) is 29.6 Å². The summed E-state index contributed by atoms with van der Waals surface area (Å²) < 4.78 is 35.1. The molecule has 3 nitrogen and oxygen atoms in total. The average molecular weight is 308 g/mol. The molecule has 0 saturated heterocycles. The van der Waals surface area contributed by atoms with E-state index in [4.69, 9.17) is 0 Å². The van der Waals surface area contributed by atoms with E-state index in [1.807, 2.05) is 24.3 Å². The Hall–Kier alpha value is -0.910. The second-order valence-corrected chi connectivity index (χ2v) is 6.33. The van der Waals surface area contributed by atoms with E-state index in [0.717, 1.165) is 16.3 Å². The molecule has 0 bridgehead atoms. The fraction of sp³-hybridized carbons (Fsp3) is 0.125. The quantitative estimate of drug-likeness (QED) is 0.469. The summed E-state index contributed by atoms with van der Waals surface area (Å²) in [4.78, 5) is 0. The third-order valence-corrected chi connectivity index (χ3v) is 4.73. The van der Waals surface area contributed by atoms with Crippen LogP contribution >= 0.6 is 0 Å². The van der Waals surface area contributed by atoms with Gasteiger partial charge in [-0.25, -0.2) is 8.42 Å². The summed E-state index contributed by atoms with van der Waals surface area (Å²) in [7, 11) is -4.45. The molecule has 1 atom stereocenters. The van der Waals surface area contributed by atoms with Crippen molar-refractivity contribution in [1.82, 2.24) is 0 Å². The molecule has 0 spiro atoms. The molecule has 0 fully saturated rings. The van der Waals surface area contributed by atoms with Crippen LogP contribution in [0.5, 0.6) is 0 Å². The van der Waals surface area contributed by atoms with Crippen LogP contribution in [-0.2, 0) is 10.1 Å². The van der Waals surface area contributed by atoms with Gasteiger partial charge in [-0.2, -0.15) is 0 Å². The third-order valence-electron chi connectivity index (χ3n) is 3.60. The van der Waals surface area contributed by atoms with E-state index in [1.54, 1.807) is 24.3 Å². The summed E-state index contributed by atoms with van der Waals surface area (Å²) >= 11 is 0. The fourth-order valence-electron chi connectivity index (χ4n) is 2.89. The van der Waals surface area contributed by atoms with E-state index >= 15 is 0 Å². The normalized spacial score (nSPS) is 17.0. The van der Waals surface area contributed by atoms with Gasteiger partial charge in [0.15, 0.2) is 0 Å². The Balaban J connectivity index is 0.00000161. The summed E-state index contributed by atoms with van der Waals surface area (Å²) in [6, 6.07) is 11.2.